The average Bonchev–Trinajstić information content (AvgIpc) is 3.23. The Labute approximate surface area is 147 Å². The fourth-order valence-electron chi connectivity index (χ4n) is 3.47. The molecule has 0 saturated carbocycles. The number of thiazole rings is 1. The third-order valence-corrected chi connectivity index (χ3v) is 7.03. The molecule has 0 bridgehead atoms. The highest BCUT2D eigenvalue weighted by molar-refractivity contribution is 7.14. The molecular weight excluding hydrogens is 348 g/mol. The fraction of sp³-hybridized carbons (Fsp3) is 0.500. The summed E-state index contributed by atoms with van der Waals surface area (Å²) < 4.78 is 6.17. The number of thiophene rings is 1. The molecule has 24 heavy (non-hydrogen) atoms. The summed E-state index contributed by atoms with van der Waals surface area (Å²) in [7, 11) is 0. The lowest BCUT2D eigenvalue weighted by Crippen LogP contribution is -2.46. The maximum Gasteiger partial charge on any atom is 0.345 e. The number of carboxylic acids is 1. The smallest absolute Gasteiger partial charge is 0.345 e. The maximum atomic E-state index is 11.3. The Bertz CT molecular complexity index is 762. The van der Waals surface area contributed by atoms with Crippen LogP contribution in [0.25, 0.3) is 0 Å². The predicted molar refractivity (Wildman–Crippen MR) is 92.1 cm³/mol. The number of carbonyl (C=O) groups is 1. The second kappa shape index (κ2) is 6.11. The summed E-state index contributed by atoms with van der Waals surface area (Å²) in [5, 5.41) is 21.2. The van der Waals surface area contributed by atoms with Crippen LogP contribution in [0.15, 0.2) is 11.4 Å². The lowest BCUT2D eigenvalue weighted by molar-refractivity contribution is -0.0735. The minimum absolute atomic E-state index is 0.0338. The summed E-state index contributed by atoms with van der Waals surface area (Å²) in [6, 6.07) is 1.81. The summed E-state index contributed by atoms with van der Waals surface area (Å²) in [5.41, 5.74) is 1.49. The first-order chi connectivity index (χ1) is 11.6. The lowest BCUT2D eigenvalue weighted by atomic mass is 9.85. The predicted octanol–water partition coefficient (Wildman–Crippen LogP) is 2.46. The Hall–Kier alpha value is -1.48. The molecule has 2 N–H and O–H groups in total. The van der Waals surface area contributed by atoms with E-state index in [1.165, 1.54) is 11.3 Å². The number of nitrogens with zero attached hydrogens (tertiary/aromatic N) is 2. The molecule has 4 rings (SSSR count). The number of rotatable bonds is 3. The van der Waals surface area contributed by atoms with Crippen molar-refractivity contribution in [3.8, 4) is 0 Å². The van der Waals surface area contributed by atoms with Gasteiger partial charge in [0, 0.05) is 23.3 Å². The minimum Gasteiger partial charge on any atom is -0.477 e. The van der Waals surface area contributed by atoms with Crippen LogP contribution in [0.3, 0.4) is 0 Å². The van der Waals surface area contributed by atoms with E-state index in [4.69, 9.17) is 9.84 Å². The zero-order valence-corrected chi connectivity index (χ0v) is 14.7. The van der Waals surface area contributed by atoms with Crippen molar-refractivity contribution in [2.24, 2.45) is 0 Å². The number of aromatic nitrogens is 1. The number of anilines is 1. The van der Waals surface area contributed by atoms with Crippen molar-refractivity contribution in [2.45, 2.75) is 31.5 Å². The number of ether oxygens (including phenoxy) is 1. The van der Waals surface area contributed by atoms with Gasteiger partial charge >= 0.3 is 5.97 Å². The number of fused-ring (bicyclic) bond motifs is 2. The van der Waals surface area contributed by atoms with E-state index in [1.54, 1.807) is 11.3 Å². The number of aliphatic hydroxyl groups excluding tert-OH is 1. The molecule has 2 aliphatic rings. The molecule has 6 nitrogen and oxygen atoms in total. The van der Waals surface area contributed by atoms with Gasteiger partial charge in [-0.25, -0.2) is 9.78 Å². The van der Waals surface area contributed by atoms with Crippen molar-refractivity contribution >= 4 is 33.8 Å². The third-order valence-electron chi connectivity index (χ3n) is 4.73. The van der Waals surface area contributed by atoms with E-state index in [0.717, 1.165) is 47.9 Å². The van der Waals surface area contributed by atoms with Crippen molar-refractivity contribution in [3.63, 3.8) is 0 Å². The number of piperidine rings is 1. The molecule has 0 aliphatic carbocycles. The summed E-state index contributed by atoms with van der Waals surface area (Å²) in [6.07, 6.45) is 2.44. The van der Waals surface area contributed by atoms with Crippen molar-refractivity contribution < 1.29 is 19.7 Å². The highest BCUT2D eigenvalue weighted by atomic mass is 32.1. The van der Waals surface area contributed by atoms with E-state index < -0.39 is 5.97 Å². The number of aromatic carboxylic acids is 1. The molecule has 0 aromatic carbocycles. The molecule has 4 heterocycles. The molecule has 0 radical (unpaired) electrons. The van der Waals surface area contributed by atoms with Gasteiger partial charge in [-0.05, 0) is 30.9 Å². The Balaban J connectivity index is 1.56. The largest absolute Gasteiger partial charge is 0.477 e. The molecule has 1 fully saturated rings. The van der Waals surface area contributed by atoms with Gasteiger partial charge in [0.2, 0.25) is 0 Å². The lowest BCUT2D eigenvalue weighted by Gasteiger charge is -2.43. The summed E-state index contributed by atoms with van der Waals surface area (Å²) in [5.74, 6) is -0.860. The number of carboxylic acid groups (broad SMARTS) is 1. The molecular formula is C16H18N2O4S2. The van der Waals surface area contributed by atoms with E-state index in [9.17, 15) is 9.90 Å². The molecule has 8 heteroatoms. The van der Waals surface area contributed by atoms with E-state index in [0.29, 0.717) is 17.2 Å². The second-order valence-electron chi connectivity index (χ2n) is 6.13. The van der Waals surface area contributed by atoms with Gasteiger partial charge in [0.1, 0.15) is 10.5 Å². The summed E-state index contributed by atoms with van der Waals surface area (Å²) >= 11 is 2.91. The van der Waals surface area contributed by atoms with E-state index >= 15 is 0 Å². The number of hydrogen-bond acceptors (Lipinski definition) is 7. The zero-order valence-electron chi connectivity index (χ0n) is 13.0. The quantitative estimate of drug-likeness (QED) is 0.868. The SMILES string of the molecule is O=C(O)c1cc2c(s1)C1(CCN(c3nc(CO)cs3)CC1)OCC2. The Morgan fingerprint density at radius 2 is 2.21 bits per heavy atom. The van der Waals surface area contributed by atoms with E-state index in [1.807, 2.05) is 11.4 Å². The third kappa shape index (κ3) is 2.63. The van der Waals surface area contributed by atoms with Gasteiger partial charge in [0.25, 0.3) is 0 Å². The van der Waals surface area contributed by atoms with Gasteiger partial charge in [-0.3, -0.25) is 0 Å². The van der Waals surface area contributed by atoms with Crippen LogP contribution in [0.2, 0.25) is 0 Å². The molecule has 128 valence electrons. The van der Waals surface area contributed by atoms with Crippen LogP contribution in [-0.4, -0.2) is 40.9 Å². The first-order valence-corrected chi connectivity index (χ1v) is 9.61. The summed E-state index contributed by atoms with van der Waals surface area (Å²) in [4.78, 5) is 19.4. The standard InChI is InChI=1S/C16H18N2O4S2/c19-8-11-9-23-15(17-11)18-4-2-16(3-5-18)13-10(1-6-22-16)7-12(24-13)14(20)21/h7,9,19H,1-6,8H2,(H,20,21). The molecule has 1 saturated heterocycles. The van der Waals surface area contributed by atoms with E-state index in [2.05, 4.69) is 9.88 Å². The van der Waals surface area contributed by atoms with Crippen molar-refractivity contribution in [2.75, 3.05) is 24.6 Å². The zero-order chi connectivity index (χ0) is 16.7. The van der Waals surface area contributed by atoms with Gasteiger partial charge in [0.15, 0.2) is 5.13 Å². The van der Waals surface area contributed by atoms with Gasteiger partial charge in [0.05, 0.1) is 18.9 Å². The van der Waals surface area contributed by atoms with Crippen molar-refractivity contribution in [1.29, 1.82) is 0 Å². The maximum absolute atomic E-state index is 11.3. The molecule has 2 aromatic rings. The van der Waals surface area contributed by atoms with Gasteiger partial charge in [-0.15, -0.1) is 22.7 Å². The Kier molecular flexibility index (Phi) is 4.07. The second-order valence-corrected chi connectivity index (χ2v) is 8.02. The van der Waals surface area contributed by atoms with Gasteiger partial charge in [-0.1, -0.05) is 0 Å². The topological polar surface area (TPSA) is 82.9 Å². The molecule has 0 atom stereocenters. The van der Waals surface area contributed by atoms with E-state index in [-0.39, 0.29) is 12.2 Å². The Morgan fingerprint density at radius 1 is 1.42 bits per heavy atom. The van der Waals surface area contributed by atoms with Crippen LogP contribution in [-0.2, 0) is 23.4 Å². The highest BCUT2D eigenvalue weighted by Crippen LogP contribution is 2.46. The molecule has 2 aliphatic heterocycles. The van der Waals surface area contributed by atoms with Crippen LogP contribution >= 0.6 is 22.7 Å². The minimum atomic E-state index is -0.860. The molecule has 1 spiro atoms. The number of aliphatic hydroxyl groups is 1. The molecule has 2 aromatic heterocycles. The van der Waals surface area contributed by atoms with Crippen molar-refractivity contribution in [3.05, 3.63) is 32.5 Å². The van der Waals surface area contributed by atoms with Gasteiger partial charge in [-0.2, -0.15) is 0 Å². The highest BCUT2D eigenvalue weighted by Gasteiger charge is 2.43. The molecule has 0 amide bonds. The first kappa shape index (κ1) is 16.0. The van der Waals surface area contributed by atoms with Crippen LogP contribution in [0.1, 0.15) is 38.6 Å². The van der Waals surface area contributed by atoms with Crippen LogP contribution < -0.4 is 4.90 Å². The molecule has 0 unspecified atom stereocenters. The van der Waals surface area contributed by atoms with Crippen LogP contribution in [0.4, 0.5) is 5.13 Å². The normalized spacial score (nSPS) is 19.5. The van der Waals surface area contributed by atoms with Crippen LogP contribution in [0.5, 0.6) is 0 Å². The summed E-state index contributed by atoms with van der Waals surface area (Å²) in [6.45, 7) is 2.25. The fourth-order valence-corrected chi connectivity index (χ4v) is 5.59. The first-order valence-electron chi connectivity index (χ1n) is 7.92. The van der Waals surface area contributed by atoms with Crippen LogP contribution in [0, 0.1) is 0 Å². The monoisotopic (exact) mass is 366 g/mol. The van der Waals surface area contributed by atoms with Gasteiger partial charge < -0.3 is 19.8 Å². The van der Waals surface area contributed by atoms with Crippen molar-refractivity contribution in [1.82, 2.24) is 4.98 Å². The average molecular weight is 366 g/mol. The number of hydrogen-bond donors (Lipinski definition) is 2. The Morgan fingerprint density at radius 3 is 2.88 bits per heavy atom.